The zero-order valence-electron chi connectivity index (χ0n) is 13.9. The van der Waals surface area contributed by atoms with Crippen LogP contribution < -0.4 is 0 Å². The number of rotatable bonds is 6. The van der Waals surface area contributed by atoms with Gasteiger partial charge in [-0.1, -0.05) is 30.3 Å². The van der Waals surface area contributed by atoms with E-state index in [2.05, 4.69) is 0 Å². The van der Waals surface area contributed by atoms with Crippen LogP contribution in [-0.4, -0.2) is 40.4 Å². The summed E-state index contributed by atoms with van der Waals surface area (Å²) in [5, 5.41) is 0. The van der Waals surface area contributed by atoms with Crippen molar-refractivity contribution < 1.29 is 14.3 Å². The average molecular weight is 326 g/mol. The highest BCUT2D eigenvalue weighted by atomic mass is 16.5. The first kappa shape index (κ1) is 16.5. The van der Waals surface area contributed by atoms with Crippen molar-refractivity contribution in [2.24, 2.45) is 7.05 Å². The molecule has 0 N–H and O–H groups in total. The summed E-state index contributed by atoms with van der Waals surface area (Å²) in [6.45, 7) is 1.59. The number of aryl methyl sites for hydroxylation is 1. The molecule has 2 heterocycles. The van der Waals surface area contributed by atoms with Crippen LogP contribution in [0.4, 0.5) is 0 Å². The van der Waals surface area contributed by atoms with Crippen molar-refractivity contribution in [3.05, 3.63) is 59.9 Å². The van der Waals surface area contributed by atoms with Crippen molar-refractivity contribution in [2.75, 3.05) is 13.2 Å². The zero-order valence-corrected chi connectivity index (χ0v) is 13.9. The Hall–Kier alpha value is -2.40. The van der Waals surface area contributed by atoms with Crippen LogP contribution >= 0.6 is 0 Å². The second-order valence-corrected chi connectivity index (χ2v) is 6.14. The highest BCUT2D eigenvalue weighted by Gasteiger charge is 2.28. The lowest BCUT2D eigenvalue weighted by Crippen LogP contribution is -2.41. The molecular weight excluding hydrogens is 304 g/mol. The molecule has 1 aliphatic rings. The predicted octanol–water partition coefficient (Wildman–Crippen LogP) is 2.42. The summed E-state index contributed by atoms with van der Waals surface area (Å²) in [4.78, 5) is 27.0. The van der Waals surface area contributed by atoms with Crippen molar-refractivity contribution in [2.45, 2.75) is 25.5 Å². The Kier molecular flexibility index (Phi) is 5.11. The number of Topliss-reactive ketones (excluding diaryl/α,β-unsaturated/α-hetero) is 1. The molecule has 3 rings (SSSR count). The van der Waals surface area contributed by atoms with E-state index < -0.39 is 11.7 Å². The van der Waals surface area contributed by atoms with Gasteiger partial charge >= 0.3 is 0 Å². The van der Waals surface area contributed by atoms with Gasteiger partial charge in [0.05, 0.1) is 11.8 Å². The Morgan fingerprint density at radius 1 is 1.21 bits per heavy atom. The van der Waals surface area contributed by atoms with Crippen molar-refractivity contribution >= 4 is 11.7 Å². The molecule has 1 aliphatic heterocycles. The molecule has 1 aromatic heterocycles. The SMILES string of the molecule is Cn1cccc1C(=O)C(=O)N(Cc1ccccc1)C[C@H]1CCCO1. The molecule has 1 aromatic carbocycles. The van der Waals surface area contributed by atoms with Gasteiger partial charge in [0.15, 0.2) is 0 Å². The Morgan fingerprint density at radius 3 is 2.62 bits per heavy atom. The fraction of sp³-hybridized carbons (Fsp3) is 0.368. The minimum atomic E-state index is -0.476. The molecular formula is C19H22N2O3. The number of benzene rings is 1. The lowest BCUT2D eigenvalue weighted by atomic mass is 10.1. The Labute approximate surface area is 141 Å². The van der Waals surface area contributed by atoms with Gasteiger partial charge in [-0.2, -0.15) is 0 Å². The summed E-state index contributed by atoms with van der Waals surface area (Å²) in [5.41, 5.74) is 1.41. The first-order chi connectivity index (χ1) is 11.6. The third kappa shape index (κ3) is 3.74. The highest BCUT2D eigenvalue weighted by Crippen LogP contribution is 2.16. The third-order valence-corrected chi connectivity index (χ3v) is 4.32. The zero-order chi connectivity index (χ0) is 16.9. The first-order valence-electron chi connectivity index (χ1n) is 8.25. The summed E-state index contributed by atoms with van der Waals surface area (Å²) < 4.78 is 7.33. The molecule has 0 unspecified atom stereocenters. The number of ketones is 1. The van der Waals surface area contributed by atoms with E-state index in [0.717, 1.165) is 25.0 Å². The summed E-state index contributed by atoms with van der Waals surface area (Å²) in [5.74, 6) is -0.951. The Morgan fingerprint density at radius 2 is 2.00 bits per heavy atom. The fourth-order valence-electron chi connectivity index (χ4n) is 3.01. The van der Waals surface area contributed by atoms with E-state index in [-0.39, 0.29) is 6.10 Å². The van der Waals surface area contributed by atoms with E-state index in [1.54, 1.807) is 34.8 Å². The molecule has 0 bridgehead atoms. The molecule has 0 aliphatic carbocycles. The van der Waals surface area contributed by atoms with Crippen LogP contribution in [0.2, 0.25) is 0 Å². The molecule has 2 aromatic rings. The maximum atomic E-state index is 12.8. The number of ether oxygens (including phenoxy) is 1. The van der Waals surface area contributed by atoms with Gasteiger partial charge in [0.25, 0.3) is 11.7 Å². The van der Waals surface area contributed by atoms with Gasteiger partial charge in [-0.3, -0.25) is 9.59 Å². The summed E-state index contributed by atoms with van der Waals surface area (Å²) in [7, 11) is 1.77. The summed E-state index contributed by atoms with van der Waals surface area (Å²) in [6, 6.07) is 13.2. The number of carbonyl (C=O) groups excluding carboxylic acids is 2. The van der Waals surface area contributed by atoms with Gasteiger partial charge in [0.1, 0.15) is 0 Å². The van der Waals surface area contributed by atoms with Crippen molar-refractivity contribution in [3.63, 3.8) is 0 Å². The van der Waals surface area contributed by atoms with Gasteiger partial charge in [0.2, 0.25) is 0 Å². The van der Waals surface area contributed by atoms with E-state index in [1.807, 2.05) is 30.3 Å². The smallest absolute Gasteiger partial charge is 0.296 e. The van der Waals surface area contributed by atoms with Crippen LogP contribution in [0, 0.1) is 0 Å². The van der Waals surface area contributed by atoms with Crippen LogP contribution in [0.15, 0.2) is 48.7 Å². The van der Waals surface area contributed by atoms with Crippen LogP contribution in [0.25, 0.3) is 0 Å². The van der Waals surface area contributed by atoms with Gasteiger partial charge in [-0.25, -0.2) is 0 Å². The monoisotopic (exact) mass is 326 g/mol. The van der Waals surface area contributed by atoms with Gasteiger partial charge < -0.3 is 14.2 Å². The number of amides is 1. The van der Waals surface area contributed by atoms with Crippen LogP contribution in [0.5, 0.6) is 0 Å². The maximum absolute atomic E-state index is 12.8. The normalized spacial score (nSPS) is 17.0. The molecule has 126 valence electrons. The first-order valence-corrected chi connectivity index (χ1v) is 8.25. The molecule has 5 heteroatoms. The molecule has 1 saturated heterocycles. The molecule has 0 spiro atoms. The molecule has 1 fully saturated rings. The molecule has 1 amide bonds. The van der Waals surface area contributed by atoms with E-state index >= 15 is 0 Å². The maximum Gasteiger partial charge on any atom is 0.296 e. The number of carbonyl (C=O) groups is 2. The standard InChI is InChI=1S/C19H22N2O3/c1-20-11-5-10-17(20)18(22)19(23)21(14-16-9-6-12-24-16)13-15-7-3-2-4-8-15/h2-5,7-8,10-11,16H,6,9,12-14H2,1H3/t16-/m1/s1. The molecule has 0 radical (unpaired) electrons. The third-order valence-electron chi connectivity index (χ3n) is 4.32. The van der Waals surface area contributed by atoms with Crippen LogP contribution in [-0.2, 0) is 23.1 Å². The molecule has 24 heavy (non-hydrogen) atoms. The summed E-state index contributed by atoms with van der Waals surface area (Å²) in [6.07, 6.45) is 3.71. The second kappa shape index (κ2) is 7.45. The Balaban J connectivity index is 1.78. The fourth-order valence-corrected chi connectivity index (χ4v) is 3.01. The lowest BCUT2D eigenvalue weighted by Gasteiger charge is -2.25. The highest BCUT2D eigenvalue weighted by molar-refractivity contribution is 6.42. The Bertz CT molecular complexity index is 702. The topological polar surface area (TPSA) is 51.5 Å². The second-order valence-electron chi connectivity index (χ2n) is 6.14. The van der Waals surface area contributed by atoms with Gasteiger partial charge in [-0.15, -0.1) is 0 Å². The van der Waals surface area contributed by atoms with Gasteiger partial charge in [-0.05, 0) is 30.5 Å². The molecule has 0 saturated carbocycles. The molecule has 5 nitrogen and oxygen atoms in total. The van der Waals surface area contributed by atoms with E-state index in [4.69, 9.17) is 4.74 Å². The minimum absolute atomic E-state index is 0.0128. The number of hydrogen-bond acceptors (Lipinski definition) is 3. The van der Waals surface area contributed by atoms with Crippen LogP contribution in [0.1, 0.15) is 28.9 Å². The summed E-state index contributed by atoms with van der Waals surface area (Å²) >= 11 is 0. The predicted molar refractivity (Wildman–Crippen MR) is 90.6 cm³/mol. The van der Waals surface area contributed by atoms with Gasteiger partial charge in [0, 0.05) is 32.9 Å². The van der Waals surface area contributed by atoms with Crippen molar-refractivity contribution in [1.29, 1.82) is 0 Å². The van der Waals surface area contributed by atoms with E-state index in [1.165, 1.54) is 0 Å². The average Bonchev–Trinajstić information content (AvgIpc) is 3.25. The number of nitrogens with zero attached hydrogens (tertiary/aromatic N) is 2. The van der Waals surface area contributed by atoms with E-state index in [0.29, 0.717) is 18.8 Å². The molecule has 1 atom stereocenters. The quantitative estimate of drug-likeness (QED) is 0.605. The lowest BCUT2D eigenvalue weighted by molar-refractivity contribution is -0.128. The largest absolute Gasteiger partial charge is 0.376 e. The van der Waals surface area contributed by atoms with Crippen molar-refractivity contribution in [1.82, 2.24) is 9.47 Å². The van der Waals surface area contributed by atoms with Crippen LogP contribution in [0.3, 0.4) is 0 Å². The number of aromatic nitrogens is 1. The van der Waals surface area contributed by atoms with E-state index in [9.17, 15) is 9.59 Å². The van der Waals surface area contributed by atoms with Crippen molar-refractivity contribution in [3.8, 4) is 0 Å². The minimum Gasteiger partial charge on any atom is -0.376 e. The number of hydrogen-bond donors (Lipinski definition) is 0.